The van der Waals surface area contributed by atoms with Gasteiger partial charge in [0.05, 0.1) is 23.6 Å². The predicted octanol–water partition coefficient (Wildman–Crippen LogP) is 2.54. The molecule has 0 radical (unpaired) electrons. The molecule has 3 aromatic rings. The Hall–Kier alpha value is -3.16. The molecule has 0 unspecified atom stereocenters. The molecule has 0 aliphatic rings. The summed E-state index contributed by atoms with van der Waals surface area (Å²) in [6, 6.07) is 9.12. The lowest BCUT2D eigenvalue weighted by molar-refractivity contribution is 0.219. The molecule has 0 fully saturated rings. The molecule has 24 heavy (non-hydrogen) atoms. The minimum atomic E-state index is -0.270. The van der Waals surface area contributed by atoms with Crippen molar-refractivity contribution in [2.75, 3.05) is 12.4 Å². The summed E-state index contributed by atoms with van der Waals surface area (Å²) < 4.78 is 6.64. The number of aryl methyl sites for hydroxylation is 2. The summed E-state index contributed by atoms with van der Waals surface area (Å²) in [5.41, 5.74) is 2.37. The van der Waals surface area contributed by atoms with Crippen LogP contribution in [0.15, 0.2) is 41.1 Å². The molecule has 124 valence electrons. The highest BCUT2D eigenvalue weighted by Crippen LogP contribution is 2.20. The fourth-order valence-corrected chi connectivity index (χ4v) is 2.23. The first-order valence-corrected chi connectivity index (χ1v) is 7.46. The third kappa shape index (κ3) is 3.43. The Kier molecular flexibility index (Phi) is 4.28. The Morgan fingerprint density at radius 2 is 2.08 bits per heavy atom. The zero-order chi connectivity index (χ0) is 17.1. The molecule has 2 heterocycles. The van der Waals surface area contributed by atoms with Crippen LogP contribution in [0.5, 0.6) is 0 Å². The normalized spacial score (nSPS) is 10.6. The largest absolute Gasteiger partial charge is 0.340 e. The second-order valence-electron chi connectivity index (χ2n) is 5.43. The average Bonchev–Trinajstić information content (AvgIpc) is 3.16. The number of rotatable bonds is 4. The van der Waals surface area contributed by atoms with Gasteiger partial charge in [-0.2, -0.15) is 10.1 Å². The number of urea groups is 1. The summed E-state index contributed by atoms with van der Waals surface area (Å²) >= 11 is 0. The van der Waals surface area contributed by atoms with Crippen molar-refractivity contribution in [3.05, 3.63) is 53.9 Å². The maximum atomic E-state index is 12.4. The smallest absolute Gasteiger partial charge is 0.322 e. The summed E-state index contributed by atoms with van der Waals surface area (Å²) in [5.74, 6) is 0.930. The molecule has 0 aliphatic heterocycles. The van der Waals surface area contributed by atoms with Crippen LogP contribution in [0.4, 0.5) is 10.5 Å². The molecule has 1 aromatic carbocycles. The van der Waals surface area contributed by atoms with E-state index in [-0.39, 0.29) is 12.6 Å². The molecule has 0 spiro atoms. The monoisotopic (exact) mass is 326 g/mol. The maximum absolute atomic E-state index is 12.4. The van der Waals surface area contributed by atoms with Crippen molar-refractivity contribution in [1.29, 1.82) is 0 Å². The number of hydrogen-bond acceptors (Lipinski definition) is 5. The molecule has 8 nitrogen and oxygen atoms in total. The van der Waals surface area contributed by atoms with Gasteiger partial charge in [0.15, 0.2) is 5.82 Å². The minimum Gasteiger partial charge on any atom is -0.340 e. The number of nitrogens with one attached hydrogen (secondary N) is 1. The van der Waals surface area contributed by atoms with E-state index in [2.05, 4.69) is 20.6 Å². The number of anilines is 1. The van der Waals surface area contributed by atoms with Gasteiger partial charge in [0, 0.05) is 20.2 Å². The van der Waals surface area contributed by atoms with Crippen molar-refractivity contribution in [3.63, 3.8) is 0 Å². The number of amides is 2. The molecule has 1 N–H and O–H groups in total. The number of aromatic nitrogens is 4. The van der Waals surface area contributed by atoms with Crippen molar-refractivity contribution >= 4 is 11.7 Å². The first-order chi connectivity index (χ1) is 11.5. The summed E-state index contributed by atoms with van der Waals surface area (Å²) in [6.07, 6.45) is 1.85. The van der Waals surface area contributed by atoms with Crippen LogP contribution >= 0.6 is 0 Å². The fourth-order valence-electron chi connectivity index (χ4n) is 2.23. The molecular weight excluding hydrogens is 308 g/mol. The summed E-state index contributed by atoms with van der Waals surface area (Å²) in [7, 11) is 1.67. The summed E-state index contributed by atoms with van der Waals surface area (Å²) in [4.78, 5) is 18.0. The third-order valence-corrected chi connectivity index (χ3v) is 3.41. The van der Waals surface area contributed by atoms with E-state index in [1.54, 1.807) is 18.7 Å². The second kappa shape index (κ2) is 6.53. The highest BCUT2D eigenvalue weighted by atomic mass is 16.5. The third-order valence-electron chi connectivity index (χ3n) is 3.41. The molecule has 0 saturated heterocycles. The number of para-hydroxylation sites is 2. The maximum Gasteiger partial charge on any atom is 0.322 e. The molecule has 2 aromatic heterocycles. The molecule has 2 amide bonds. The molecule has 0 bridgehead atoms. The van der Waals surface area contributed by atoms with Gasteiger partial charge in [0.1, 0.15) is 0 Å². The van der Waals surface area contributed by atoms with Gasteiger partial charge in [-0.1, -0.05) is 17.3 Å². The van der Waals surface area contributed by atoms with Gasteiger partial charge in [-0.3, -0.25) is 0 Å². The van der Waals surface area contributed by atoms with E-state index in [1.165, 1.54) is 4.90 Å². The highest BCUT2D eigenvalue weighted by molar-refractivity contribution is 5.91. The van der Waals surface area contributed by atoms with Crippen LogP contribution in [0.2, 0.25) is 0 Å². The Morgan fingerprint density at radius 1 is 1.29 bits per heavy atom. The Morgan fingerprint density at radius 3 is 2.75 bits per heavy atom. The lowest BCUT2D eigenvalue weighted by atomic mass is 10.2. The van der Waals surface area contributed by atoms with Crippen molar-refractivity contribution < 1.29 is 9.32 Å². The van der Waals surface area contributed by atoms with Crippen molar-refractivity contribution in [2.24, 2.45) is 0 Å². The minimum absolute atomic E-state index is 0.256. The van der Waals surface area contributed by atoms with Gasteiger partial charge in [-0.25, -0.2) is 9.48 Å². The predicted molar refractivity (Wildman–Crippen MR) is 87.8 cm³/mol. The van der Waals surface area contributed by atoms with Gasteiger partial charge >= 0.3 is 6.03 Å². The van der Waals surface area contributed by atoms with Crippen LogP contribution in [-0.2, 0) is 6.54 Å². The van der Waals surface area contributed by atoms with Gasteiger partial charge < -0.3 is 14.7 Å². The van der Waals surface area contributed by atoms with E-state index in [0.29, 0.717) is 17.4 Å². The van der Waals surface area contributed by atoms with Crippen molar-refractivity contribution in [1.82, 2.24) is 24.8 Å². The first-order valence-electron chi connectivity index (χ1n) is 7.46. The molecule has 0 atom stereocenters. The Bertz CT molecular complexity index is 854. The number of carbonyl (C=O) groups excluding carboxylic acids is 1. The number of benzene rings is 1. The molecule has 8 heteroatoms. The SMILES string of the molecule is Cc1ccn(-c2ccccc2NC(=O)N(C)Cc2noc(C)n2)n1. The van der Waals surface area contributed by atoms with Crippen molar-refractivity contribution in [2.45, 2.75) is 20.4 Å². The van der Waals surface area contributed by atoms with Crippen LogP contribution in [0.3, 0.4) is 0 Å². The van der Waals surface area contributed by atoms with E-state index < -0.39 is 0 Å². The lowest BCUT2D eigenvalue weighted by Gasteiger charge is -2.17. The van der Waals surface area contributed by atoms with Crippen LogP contribution in [-0.4, -0.2) is 37.9 Å². The van der Waals surface area contributed by atoms with Crippen LogP contribution < -0.4 is 5.32 Å². The van der Waals surface area contributed by atoms with E-state index in [9.17, 15) is 4.79 Å². The summed E-state index contributed by atoms with van der Waals surface area (Å²) in [5, 5.41) is 11.1. The number of carbonyl (C=O) groups is 1. The molecule has 0 saturated carbocycles. The zero-order valence-electron chi connectivity index (χ0n) is 13.7. The van der Waals surface area contributed by atoms with Crippen LogP contribution in [0.1, 0.15) is 17.4 Å². The van der Waals surface area contributed by atoms with E-state index in [4.69, 9.17) is 4.52 Å². The van der Waals surface area contributed by atoms with Crippen LogP contribution in [0.25, 0.3) is 5.69 Å². The lowest BCUT2D eigenvalue weighted by Crippen LogP contribution is -2.31. The van der Waals surface area contributed by atoms with Crippen LogP contribution in [0, 0.1) is 13.8 Å². The van der Waals surface area contributed by atoms with Crippen molar-refractivity contribution in [3.8, 4) is 5.69 Å². The fraction of sp³-hybridized carbons (Fsp3) is 0.250. The van der Waals surface area contributed by atoms with Gasteiger partial charge in [-0.05, 0) is 25.1 Å². The standard InChI is InChI=1S/C16H18N6O2/c1-11-8-9-22(19-11)14-7-5-4-6-13(14)18-16(23)21(3)10-15-17-12(2)24-20-15/h4-9H,10H2,1-3H3,(H,18,23). The molecule has 0 aliphatic carbocycles. The first kappa shape index (κ1) is 15.7. The van der Waals surface area contributed by atoms with E-state index in [0.717, 1.165) is 11.4 Å². The number of hydrogen-bond donors (Lipinski definition) is 1. The molecule has 3 rings (SSSR count). The van der Waals surface area contributed by atoms with Gasteiger partial charge in [0.25, 0.3) is 0 Å². The van der Waals surface area contributed by atoms with Gasteiger partial charge in [0.2, 0.25) is 5.89 Å². The molecular formula is C16H18N6O2. The summed E-state index contributed by atoms with van der Waals surface area (Å²) in [6.45, 7) is 3.88. The van der Waals surface area contributed by atoms with E-state index >= 15 is 0 Å². The topological polar surface area (TPSA) is 89.1 Å². The average molecular weight is 326 g/mol. The Labute approximate surface area is 139 Å². The Balaban J connectivity index is 1.74. The second-order valence-corrected chi connectivity index (χ2v) is 5.43. The van der Waals surface area contributed by atoms with E-state index in [1.807, 2.05) is 43.5 Å². The quantitative estimate of drug-likeness (QED) is 0.796. The zero-order valence-corrected chi connectivity index (χ0v) is 13.7. The highest BCUT2D eigenvalue weighted by Gasteiger charge is 2.15. The van der Waals surface area contributed by atoms with Gasteiger partial charge in [-0.15, -0.1) is 0 Å². The number of nitrogens with zero attached hydrogens (tertiary/aromatic N) is 5.